The number of fused-ring (bicyclic) bond motifs is 2. The van der Waals surface area contributed by atoms with Gasteiger partial charge in [-0.3, -0.25) is 0 Å². The summed E-state index contributed by atoms with van der Waals surface area (Å²) in [6.07, 6.45) is 7.07. The lowest BCUT2D eigenvalue weighted by molar-refractivity contribution is 0.912. The Morgan fingerprint density at radius 2 is 1.52 bits per heavy atom. The van der Waals surface area contributed by atoms with Crippen molar-refractivity contribution in [2.24, 2.45) is 0 Å². The van der Waals surface area contributed by atoms with Crippen LogP contribution in [0.1, 0.15) is 39.8 Å². The third kappa shape index (κ3) is 2.80. The zero-order valence-corrected chi connectivity index (χ0v) is 17.5. The quantitative estimate of drug-likeness (QED) is 0.409. The third-order valence-electron chi connectivity index (χ3n) is 6.08. The van der Waals surface area contributed by atoms with E-state index in [0.29, 0.717) is 0 Å². The molecular formula is C26H23Br. The van der Waals surface area contributed by atoms with Gasteiger partial charge in [0.2, 0.25) is 0 Å². The van der Waals surface area contributed by atoms with Crippen molar-refractivity contribution < 1.29 is 0 Å². The second kappa shape index (κ2) is 6.49. The molecule has 0 amide bonds. The van der Waals surface area contributed by atoms with E-state index in [1.807, 2.05) is 0 Å². The van der Waals surface area contributed by atoms with Crippen molar-refractivity contribution in [3.8, 4) is 22.3 Å². The molecule has 2 aliphatic rings. The highest BCUT2D eigenvalue weighted by atomic mass is 79.9. The molecule has 5 rings (SSSR count). The molecule has 0 N–H and O–H groups in total. The van der Waals surface area contributed by atoms with Gasteiger partial charge in [-0.1, -0.05) is 64.5 Å². The highest BCUT2D eigenvalue weighted by Crippen LogP contribution is 2.44. The Kier molecular flexibility index (Phi) is 4.09. The molecule has 0 fully saturated rings. The molecular weight excluding hydrogens is 392 g/mol. The molecule has 0 saturated carbocycles. The molecule has 134 valence electrons. The Labute approximate surface area is 170 Å². The van der Waals surface area contributed by atoms with Gasteiger partial charge in [0.05, 0.1) is 0 Å². The van der Waals surface area contributed by atoms with Gasteiger partial charge in [-0.15, -0.1) is 0 Å². The number of hydrogen-bond acceptors (Lipinski definition) is 0. The minimum Gasteiger partial charge on any atom is -0.0622 e. The maximum absolute atomic E-state index is 3.75. The number of aryl methyl sites for hydroxylation is 3. The van der Waals surface area contributed by atoms with Crippen molar-refractivity contribution in [3.05, 3.63) is 86.4 Å². The van der Waals surface area contributed by atoms with Gasteiger partial charge in [0.1, 0.15) is 0 Å². The summed E-state index contributed by atoms with van der Waals surface area (Å²) in [6.45, 7) is 4.52. The zero-order chi connectivity index (χ0) is 18.5. The molecule has 0 bridgehead atoms. The van der Waals surface area contributed by atoms with Crippen molar-refractivity contribution >= 4 is 22.0 Å². The maximum Gasteiger partial charge on any atom is 0.00531 e. The topological polar surface area (TPSA) is 0 Å². The number of benzene rings is 3. The Balaban J connectivity index is 1.72. The van der Waals surface area contributed by atoms with E-state index >= 15 is 0 Å². The second-order valence-electron chi connectivity index (χ2n) is 7.93. The van der Waals surface area contributed by atoms with Crippen LogP contribution in [0.2, 0.25) is 0 Å². The molecule has 0 nitrogen and oxygen atoms in total. The van der Waals surface area contributed by atoms with Gasteiger partial charge >= 0.3 is 0 Å². The summed E-state index contributed by atoms with van der Waals surface area (Å²) in [5.41, 5.74) is 14.4. The molecule has 1 heteroatoms. The van der Waals surface area contributed by atoms with Crippen LogP contribution in [0.4, 0.5) is 0 Å². The standard InChI is InChI=1S/C26H23Br/c1-16-11-21(12-17(2)25(16)18-7-4-3-5-8-18)26-23-10-6-9-19(23)13-20-14-22(27)15-24(20)26/h3-5,7-8,11-14H,6,9-10,15H2,1-2H3. The summed E-state index contributed by atoms with van der Waals surface area (Å²) in [4.78, 5) is 0. The van der Waals surface area contributed by atoms with E-state index in [1.165, 1.54) is 68.3 Å². The molecule has 0 heterocycles. The molecule has 0 unspecified atom stereocenters. The predicted octanol–water partition coefficient (Wildman–Crippen LogP) is 7.42. The fourth-order valence-corrected chi connectivity index (χ4v) is 5.56. The highest BCUT2D eigenvalue weighted by Gasteiger charge is 2.25. The van der Waals surface area contributed by atoms with Gasteiger partial charge in [0.15, 0.2) is 0 Å². The van der Waals surface area contributed by atoms with E-state index in [4.69, 9.17) is 0 Å². The minimum atomic E-state index is 1.02. The predicted molar refractivity (Wildman–Crippen MR) is 119 cm³/mol. The van der Waals surface area contributed by atoms with Crippen LogP contribution < -0.4 is 0 Å². The van der Waals surface area contributed by atoms with Crippen LogP contribution in [0.15, 0.2) is 53.0 Å². The fraction of sp³-hybridized carbons (Fsp3) is 0.231. The van der Waals surface area contributed by atoms with E-state index in [9.17, 15) is 0 Å². The lowest BCUT2D eigenvalue weighted by Gasteiger charge is -2.19. The first-order valence-electron chi connectivity index (χ1n) is 9.82. The van der Waals surface area contributed by atoms with E-state index in [2.05, 4.69) is 84.4 Å². The smallest absolute Gasteiger partial charge is 0.00531 e. The van der Waals surface area contributed by atoms with Crippen molar-refractivity contribution in [3.63, 3.8) is 0 Å². The average Bonchev–Trinajstić information content (AvgIpc) is 3.24. The van der Waals surface area contributed by atoms with Crippen LogP contribution in [0.3, 0.4) is 0 Å². The molecule has 0 aliphatic heterocycles. The normalized spacial score (nSPS) is 14.9. The first-order valence-corrected chi connectivity index (χ1v) is 10.6. The largest absolute Gasteiger partial charge is 0.0622 e. The molecule has 3 aromatic carbocycles. The first kappa shape index (κ1) is 17.0. The van der Waals surface area contributed by atoms with Crippen LogP contribution in [0.5, 0.6) is 0 Å². The van der Waals surface area contributed by atoms with Crippen molar-refractivity contribution in [1.29, 1.82) is 0 Å². The maximum atomic E-state index is 3.75. The van der Waals surface area contributed by atoms with Gasteiger partial charge in [-0.2, -0.15) is 0 Å². The summed E-state index contributed by atoms with van der Waals surface area (Å²) in [6, 6.07) is 18.0. The van der Waals surface area contributed by atoms with Crippen LogP contribution in [0, 0.1) is 13.8 Å². The molecule has 2 aliphatic carbocycles. The summed E-state index contributed by atoms with van der Waals surface area (Å²) < 4.78 is 1.30. The lowest BCUT2D eigenvalue weighted by atomic mass is 9.85. The van der Waals surface area contributed by atoms with Crippen molar-refractivity contribution in [2.45, 2.75) is 39.5 Å². The Bertz CT molecular complexity index is 1060. The van der Waals surface area contributed by atoms with Gasteiger partial charge < -0.3 is 0 Å². The molecule has 3 aromatic rings. The Morgan fingerprint density at radius 1 is 0.778 bits per heavy atom. The molecule has 0 aromatic heterocycles. The third-order valence-corrected chi connectivity index (χ3v) is 6.59. The van der Waals surface area contributed by atoms with E-state index in [0.717, 1.165) is 6.42 Å². The van der Waals surface area contributed by atoms with Crippen LogP contribution in [0.25, 0.3) is 28.3 Å². The monoisotopic (exact) mass is 414 g/mol. The van der Waals surface area contributed by atoms with Gasteiger partial charge in [-0.25, -0.2) is 0 Å². The van der Waals surface area contributed by atoms with Gasteiger partial charge in [0.25, 0.3) is 0 Å². The SMILES string of the molecule is Cc1cc(-c2c3c(cc4c2CCC4)C=C(Br)C3)cc(C)c1-c1ccccc1. The molecule has 0 spiro atoms. The van der Waals surface area contributed by atoms with Crippen LogP contribution in [-0.4, -0.2) is 0 Å². The van der Waals surface area contributed by atoms with Crippen LogP contribution >= 0.6 is 15.9 Å². The summed E-state index contributed by atoms with van der Waals surface area (Å²) in [7, 11) is 0. The van der Waals surface area contributed by atoms with Crippen molar-refractivity contribution in [1.82, 2.24) is 0 Å². The second-order valence-corrected chi connectivity index (χ2v) is 8.95. The van der Waals surface area contributed by atoms with Gasteiger partial charge in [-0.05, 0) is 94.8 Å². The summed E-state index contributed by atoms with van der Waals surface area (Å²) >= 11 is 3.75. The number of halogens is 1. The summed E-state index contributed by atoms with van der Waals surface area (Å²) in [5, 5.41) is 0. The Morgan fingerprint density at radius 3 is 2.26 bits per heavy atom. The number of hydrogen-bond donors (Lipinski definition) is 0. The molecule has 27 heavy (non-hydrogen) atoms. The molecule has 0 radical (unpaired) electrons. The number of rotatable bonds is 2. The molecule has 0 saturated heterocycles. The van der Waals surface area contributed by atoms with E-state index in [1.54, 1.807) is 11.1 Å². The highest BCUT2D eigenvalue weighted by molar-refractivity contribution is 9.11. The lowest BCUT2D eigenvalue weighted by Crippen LogP contribution is -1.99. The molecule has 0 atom stereocenters. The van der Waals surface area contributed by atoms with E-state index in [-0.39, 0.29) is 0 Å². The zero-order valence-electron chi connectivity index (χ0n) is 15.9. The van der Waals surface area contributed by atoms with E-state index < -0.39 is 0 Å². The fourth-order valence-electron chi connectivity index (χ4n) is 5.04. The average molecular weight is 415 g/mol. The van der Waals surface area contributed by atoms with Crippen molar-refractivity contribution in [2.75, 3.05) is 0 Å². The Hall–Kier alpha value is -2.12. The minimum absolute atomic E-state index is 1.02. The summed E-state index contributed by atoms with van der Waals surface area (Å²) in [5.74, 6) is 0. The van der Waals surface area contributed by atoms with Gasteiger partial charge in [0, 0.05) is 10.9 Å². The number of allylic oxidation sites excluding steroid dienone is 1. The first-order chi connectivity index (χ1) is 13.1. The van der Waals surface area contributed by atoms with Crippen LogP contribution in [-0.2, 0) is 19.3 Å².